The first-order valence-electron chi connectivity index (χ1n) is 12.3. The summed E-state index contributed by atoms with van der Waals surface area (Å²) in [6, 6.07) is 0. The van der Waals surface area contributed by atoms with Crippen molar-refractivity contribution in [2.45, 2.75) is 96.7 Å². The van der Waals surface area contributed by atoms with Crippen LogP contribution in [-0.4, -0.2) is 84.8 Å². The van der Waals surface area contributed by atoms with Crippen LogP contribution in [0.2, 0.25) is 0 Å². The van der Waals surface area contributed by atoms with Crippen molar-refractivity contribution in [3.05, 3.63) is 0 Å². The van der Waals surface area contributed by atoms with Crippen molar-refractivity contribution in [3.63, 3.8) is 0 Å². The molecule has 4 nitrogen and oxygen atoms in total. The average Bonchev–Trinajstić information content (AvgIpc) is 2.62. The van der Waals surface area contributed by atoms with Gasteiger partial charge in [0, 0.05) is 36.2 Å². The summed E-state index contributed by atoms with van der Waals surface area (Å²) >= 11 is 0. The first kappa shape index (κ1) is 22.0. The molecule has 0 bridgehead atoms. The number of hydrogen-bond donors (Lipinski definition) is 0. The van der Waals surface area contributed by atoms with E-state index in [4.69, 9.17) is 4.74 Å². The van der Waals surface area contributed by atoms with Gasteiger partial charge in [-0.15, -0.1) is 0 Å². The third-order valence-corrected chi connectivity index (χ3v) is 9.10. The summed E-state index contributed by atoms with van der Waals surface area (Å²) in [6.07, 6.45) is 9.80. The van der Waals surface area contributed by atoms with E-state index in [1.54, 1.807) is 0 Å². The zero-order valence-electron chi connectivity index (χ0n) is 20.2. The third kappa shape index (κ3) is 4.71. The van der Waals surface area contributed by atoms with Gasteiger partial charge in [0.25, 0.3) is 0 Å². The fraction of sp³-hybridized carbons (Fsp3) is 1.00. The number of likely N-dealkylation sites (tertiary alicyclic amines) is 3. The molecule has 0 aromatic rings. The number of piperidine rings is 2. The topological polar surface area (TPSA) is 19.0 Å². The lowest BCUT2D eigenvalue weighted by Gasteiger charge is -2.59. The van der Waals surface area contributed by atoms with Crippen LogP contribution in [0.5, 0.6) is 0 Å². The van der Waals surface area contributed by atoms with Crippen LogP contribution in [0.1, 0.15) is 79.6 Å². The smallest absolute Gasteiger partial charge is 0.0598 e. The second-order valence-electron chi connectivity index (χ2n) is 12.8. The zero-order chi connectivity index (χ0) is 20.9. The Bertz CT molecular complexity index is 557. The van der Waals surface area contributed by atoms with E-state index >= 15 is 0 Å². The zero-order valence-corrected chi connectivity index (χ0v) is 20.2. The van der Waals surface area contributed by atoms with Crippen LogP contribution in [0.3, 0.4) is 0 Å². The lowest BCUT2D eigenvalue weighted by atomic mass is 9.68. The molecular formula is C25H47N3O. The lowest BCUT2D eigenvalue weighted by molar-refractivity contribution is -0.148. The molecule has 4 rings (SSSR count). The second kappa shape index (κ2) is 7.76. The maximum absolute atomic E-state index is 6.33. The fourth-order valence-corrected chi connectivity index (χ4v) is 6.61. The molecule has 0 aromatic heterocycles. The predicted molar refractivity (Wildman–Crippen MR) is 121 cm³/mol. The summed E-state index contributed by atoms with van der Waals surface area (Å²) in [4.78, 5) is 7.97. The van der Waals surface area contributed by atoms with Crippen LogP contribution in [0.4, 0.5) is 0 Å². The van der Waals surface area contributed by atoms with Crippen molar-refractivity contribution in [2.24, 2.45) is 10.8 Å². The Morgan fingerprint density at radius 1 is 0.793 bits per heavy atom. The van der Waals surface area contributed by atoms with Crippen LogP contribution in [0, 0.1) is 10.8 Å². The third-order valence-electron chi connectivity index (χ3n) is 9.10. The Hall–Kier alpha value is -0.160. The molecule has 0 aromatic carbocycles. The van der Waals surface area contributed by atoms with E-state index in [2.05, 4.69) is 56.4 Å². The van der Waals surface area contributed by atoms with Gasteiger partial charge >= 0.3 is 0 Å². The Kier molecular flexibility index (Phi) is 5.90. The molecule has 4 saturated heterocycles. The van der Waals surface area contributed by atoms with Crippen LogP contribution in [-0.2, 0) is 4.74 Å². The standard InChI is InChI=1S/C25H47N3O/c1-22(2,3)28-19-25(20-28)11-16-29-21(18-25)17-23(4,5)27-14-9-24(10-15-27)7-12-26(6)13-8-24/h21H,7-20H2,1-6H3. The lowest BCUT2D eigenvalue weighted by Crippen LogP contribution is -2.65. The molecule has 4 heteroatoms. The Labute approximate surface area is 180 Å². The molecule has 0 saturated carbocycles. The Morgan fingerprint density at radius 2 is 1.38 bits per heavy atom. The SMILES string of the molecule is CN1CCC2(CC1)CCN(C(C)(C)CC1CC3(CCO1)CN(C(C)(C)C)C3)CC2. The van der Waals surface area contributed by atoms with E-state index < -0.39 is 0 Å². The highest BCUT2D eigenvalue weighted by molar-refractivity contribution is 5.03. The molecule has 4 aliphatic rings. The normalized spacial score (nSPS) is 31.9. The number of ether oxygens (including phenoxy) is 1. The highest BCUT2D eigenvalue weighted by atomic mass is 16.5. The predicted octanol–water partition coefficient (Wildman–Crippen LogP) is 4.24. The Morgan fingerprint density at radius 3 is 1.97 bits per heavy atom. The average molecular weight is 406 g/mol. The van der Waals surface area contributed by atoms with Gasteiger partial charge in [-0.3, -0.25) is 9.80 Å². The minimum Gasteiger partial charge on any atom is -0.378 e. The summed E-state index contributed by atoms with van der Waals surface area (Å²) in [5.74, 6) is 0. The minimum atomic E-state index is 0.254. The van der Waals surface area contributed by atoms with E-state index in [1.165, 1.54) is 84.2 Å². The molecule has 0 aliphatic carbocycles. The van der Waals surface area contributed by atoms with Crippen molar-refractivity contribution < 1.29 is 4.74 Å². The fourth-order valence-electron chi connectivity index (χ4n) is 6.61. The van der Waals surface area contributed by atoms with Gasteiger partial charge in [0.2, 0.25) is 0 Å². The van der Waals surface area contributed by atoms with Gasteiger partial charge in [0.05, 0.1) is 6.10 Å². The first-order chi connectivity index (χ1) is 13.5. The van der Waals surface area contributed by atoms with Crippen LogP contribution < -0.4 is 0 Å². The van der Waals surface area contributed by atoms with E-state index in [-0.39, 0.29) is 5.54 Å². The molecular weight excluding hydrogens is 358 g/mol. The van der Waals surface area contributed by atoms with Crippen molar-refractivity contribution in [1.82, 2.24) is 14.7 Å². The van der Waals surface area contributed by atoms with Crippen LogP contribution in [0.25, 0.3) is 0 Å². The molecule has 29 heavy (non-hydrogen) atoms. The number of nitrogens with zero attached hydrogens (tertiary/aromatic N) is 3. The molecule has 2 spiro atoms. The van der Waals surface area contributed by atoms with Gasteiger partial charge in [-0.05, 0) is 118 Å². The molecule has 4 aliphatic heterocycles. The van der Waals surface area contributed by atoms with Crippen LogP contribution >= 0.6 is 0 Å². The van der Waals surface area contributed by atoms with Gasteiger partial charge in [-0.2, -0.15) is 0 Å². The largest absolute Gasteiger partial charge is 0.378 e. The molecule has 0 N–H and O–H groups in total. The highest BCUT2D eigenvalue weighted by Gasteiger charge is 2.50. The summed E-state index contributed by atoms with van der Waals surface area (Å²) in [5.41, 5.74) is 1.75. The molecule has 168 valence electrons. The number of rotatable bonds is 3. The molecule has 4 fully saturated rings. The van der Waals surface area contributed by atoms with Gasteiger partial charge in [-0.1, -0.05) is 0 Å². The van der Waals surface area contributed by atoms with Crippen molar-refractivity contribution >= 4 is 0 Å². The molecule has 0 amide bonds. The van der Waals surface area contributed by atoms with Gasteiger partial charge in [-0.25, -0.2) is 0 Å². The number of hydrogen-bond acceptors (Lipinski definition) is 4. The summed E-state index contributed by atoms with van der Waals surface area (Å²) in [5, 5.41) is 0. The molecule has 1 unspecified atom stereocenters. The highest BCUT2D eigenvalue weighted by Crippen LogP contribution is 2.47. The van der Waals surface area contributed by atoms with Crippen molar-refractivity contribution in [2.75, 3.05) is 52.9 Å². The molecule has 4 heterocycles. The summed E-state index contributed by atoms with van der Waals surface area (Å²) < 4.78 is 6.33. The Balaban J connectivity index is 1.29. The van der Waals surface area contributed by atoms with E-state index in [9.17, 15) is 0 Å². The van der Waals surface area contributed by atoms with Crippen molar-refractivity contribution in [1.29, 1.82) is 0 Å². The van der Waals surface area contributed by atoms with Gasteiger partial charge < -0.3 is 9.64 Å². The second-order valence-corrected chi connectivity index (χ2v) is 12.8. The van der Waals surface area contributed by atoms with Gasteiger partial charge in [0.15, 0.2) is 0 Å². The maximum Gasteiger partial charge on any atom is 0.0598 e. The van der Waals surface area contributed by atoms with Gasteiger partial charge in [0.1, 0.15) is 0 Å². The molecule has 1 atom stereocenters. The summed E-state index contributed by atoms with van der Waals surface area (Å²) in [6.45, 7) is 20.7. The van der Waals surface area contributed by atoms with Crippen molar-refractivity contribution in [3.8, 4) is 0 Å². The minimum absolute atomic E-state index is 0.254. The molecule has 0 radical (unpaired) electrons. The quantitative estimate of drug-likeness (QED) is 0.699. The first-order valence-corrected chi connectivity index (χ1v) is 12.3. The summed E-state index contributed by atoms with van der Waals surface area (Å²) in [7, 11) is 2.28. The van der Waals surface area contributed by atoms with E-state index in [0.29, 0.717) is 22.5 Å². The van der Waals surface area contributed by atoms with E-state index in [1.807, 2.05) is 0 Å². The van der Waals surface area contributed by atoms with Crippen LogP contribution in [0.15, 0.2) is 0 Å². The van der Waals surface area contributed by atoms with E-state index in [0.717, 1.165) is 6.61 Å². The maximum atomic E-state index is 6.33. The monoisotopic (exact) mass is 405 g/mol.